The minimum atomic E-state index is -2.16. The summed E-state index contributed by atoms with van der Waals surface area (Å²) in [4.78, 5) is 50.0. The quantitative estimate of drug-likeness (QED) is 0.261. The third kappa shape index (κ3) is 8.17. The molecule has 0 saturated heterocycles. The maximum absolute atomic E-state index is 12.9. The fraction of sp³-hybridized carbons (Fsp3) is 0.333. The Morgan fingerprint density at radius 2 is 1.29 bits per heavy atom. The van der Waals surface area contributed by atoms with Crippen molar-refractivity contribution in [3.63, 3.8) is 0 Å². The van der Waals surface area contributed by atoms with Gasteiger partial charge in [-0.15, -0.1) is 11.6 Å². The van der Waals surface area contributed by atoms with Crippen LogP contribution in [0.2, 0.25) is 0 Å². The SMILES string of the molecule is CC(C)NC[C@@H](CCl)OC(=O)[C@@H](OC(=O)c1ccccc1)[C@H](OC(=O)c1ccccc1)C(=O)O. The van der Waals surface area contributed by atoms with Gasteiger partial charge in [0.2, 0.25) is 12.2 Å². The van der Waals surface area contributed by atoms with Crippen molar-refractivity contribution in [3.8, 4) is 0 Å². The molecule has 2 rings (SSSR count). The number of nitrogens with one attached hydrogen (secondary N) is 1. The van der Waals surface area contributed by atoms with E-state index in [1.54, 1.807) is 36.4 Å². The Kier molecular flexibility index (Phi) is 10.5. The molecular weight excluding hydrogens is 466 g/mol. The van der Waals surface area contributed by atoms with Gasteiger partial charge in [-0.05, 0) is 24.3 Å². The number of carbonyl (C=O) groups excluding carboxylic acids is 3. The standard InChI is InChI=1S/C24H26ClNO8/c1-15(2)26-14-18(13-25)32-24(31)20(34-23(30)17-11-7-4-8-12-17)19(21(27)28)33-22(29)16-9-5-3-6-10-16/h3-12,15,18-20,26H,13-14H2,1-2H3,(H,27,28)/t18-,19+,20+/m1/s1. The molecule has 0 saturated carbocycles. The molecule has 0 amide bonds. The highest BCUT2D eigenvalue weighted by molar-refractivity contribution is 6.18. The van der Waals surface area contributed by atoms with E-state index in [2.05, 4.69) is 5.32 Å². The first-order chi connectivity index (χ1) is 16.2. The number of ether oxygens (including phenoxy) is 3. The van der Waals surface area contributed by atoms with E-state index in [0.29, 0.717) is 0 Å². The minimum Gasteiger partial charge on any atom is -0.478 e. The number of carboxylic acid groups (broad SMARTS) is 1. The fourth-order valence-corrected chi connectivity index (χ4v) is 2.89. The number of esters is 3. The number of halogens is 1. The molecule has 9 nitrogen and oxygen atoms in total. The number of carboxylic acids is 1. The van der Waals surface area contributed by atoms with Gasteiger partial charge in [-0.1, -0.05) is 50.2 Å². The van der Waals surface area contributed by atoms with Crippen molar-refractivity contribution in [1.29, 1.82) is 0 Å². The molecule has 0 radical (unpaired) electrons. The molecule has 0 aliphatic heterocycles. The van der Waals surface area contributed by atoms with Gasteiger partial charge in [0, 0.05) is 12.6 Å². The van der Waals surface area contributed by atoms with E-state index in [1.807, 2.05) is 13.8 Å². The Bertz CT molecular complexity index is 967. The summed E-state index contributed by atoms with van der Waals surface area (Å²) in [5, 5.41) is 12.8. The summed E-state index contributed by atoms with van der Waals surface area (Å²) in [5.41, 5.74) is 0.115. The molecule has 2 aromatic rings. The lowest BCUT2D eigenvalue weighted by molar-refractivity contribution is -0.173. The lowest BCUT2D eigenvalue weighted by Crippen LogP contribution is -2.48. The van der Waals surface area contributed by atoms with Crippen LogP contribution in [0.4, 0.5) is 0 Å². The topological polar surface area (TPSA) is 128 Å². The van der Waals surface area contributed by atoms with Crippen molar-refractivity contribution in [2.75, 3.05) is 12.4 Å². The molecule has 0 aliphatic rings. The summed E-state index contributed by atoms with van der Waals surface area (Å²) < 4.78 is 15.6. The summed E-state index contributed by atoms with van der Waals surface area (Å²) in [6.07, 6.45) is -5.10. The van der Waals surface area contributed by atoms with Crippen LogP contribution in [0.5, 0.6) is 0 Å². The number of benzene rings is 2. The van der Waals surface area contributed by atoms with E-state index < -0.39 is 42.2 Å². The van der Waals surface area contributed by atoms with Crippen molar-refractivity contribution in [2.24, 2.45) is 0 Å². The first-order valence-electron chi connectivity index (χ1n) is 10.5. The van der Waals surface area contributed by atoms with Gasteiger partial charge < -0.3 is 24.6 Å². The molecule has 0 aliphatic carbocycles. The van der Waals surface area contributed by atoms with Crippen LogP contribution in [0.25, 0.3) is 0 Å². The molecular formula is C24H26ClNO8. The maximum Gasteiger partial charge on any atom is 0.352 e. The van der Waals surface area contributed by atoms with Crippen LogP contribution in [0.15, 0.2) is 60.7 Å². The first kappa shape index (κ1) is 26.8. The number of alkyl halides is 1. The normalized spacial score (nSPS) is 13.4. The highest BCUT2D eigenvalue weighted by atomic mass is 35.5. The van der Waals surface area contributed by atoms with Crippen molar-refractivity contribution >= 4 is 35.5 Å². The number of hydrogen-bond donors (Lipinski definition) is 2. The van der Waals surface area contributed by atoms with Gasteiger partial charge in [-0.2, -0.15) is 0 Å². The van der Waals surface area contributed by atoms with Gasteiger partial charge >= 0.3 is 23.9 Å². The van der Waals surface area contributed by atoms with Crippen molar-refractivity contribution in [2.45, 2.75) is 38.2 Å². The summed E-state index contributed by atoms with van der Waals surface area (Å²) in [7, 11) is 0. The average Bonchev–Trinajstić information content (AvgIpc) is 2.84. The molecule has 0 fully saturated rings. The van der Waals surface area contributed by atoms with Crippen LogP contribution in [-0.4, -0.2) is 65.8 Å². The van der Waals surface area contributed by atoms with E-state index in [-0.39, 0.29) is 29.6 Å². The second kappa shape index (κ2) is 13.3. The Morgan fingerprint density at radius 3 is 1.71 bits per heavy atom. The van der Waals surface area contributed by atoms with E-state index >= 15 is 0 Å². The third-order valence-electron chi connectivity index (χ3n) is 4.45. The number of carbonyl (C=O) groups is 4. The Balaban J connectivity index is 2.30. The van der Waals surface area contributed by atoms with Gasteiger partial charge in [0.1, 0.15) is 6.10 Å². The highest BCUT2D eigenvalue weighted by Gasteiger charge is 2.42. The van der Waals surface area contributed by atoms with E-state index in [4.69, 9.17) is 25.8 Å². The van der Waals surface area contributed by atoms with Crippen LogP contribution in [0.3, 0.4) is 0 Å². The number of aliphatic carboxylic acids is 1. The molecule has 182 valence electrons. The minimum absolute atomic E-state index is 0.0509. The van der Waals surface area contributed by atoms with Crippen LogP contribution < -0.4 is 5.32 Å². The lowest BCUT2D eigenvalue weighted by Gasteiger charge is -2.25. The zero-order valence-corrected chi connectivity index (χ0v) is 19.4. The molecule has 0 bridgehead atoms. The molecule has 34 heavy (non-hydrogen) atoms. The van der Waals surface area contributed by atoms with Crippen molar-refractivity contribution < 1.29 is 38.5 Å². The van der Waals surface area contributed by atoms with Crippen molar-refractivity contribution in [1.82, 2.24) is 5.32 Å². The number of hydrogen-bond acceptors (Lipinski definition) is 8. The third-order valence-corrected chi connectivity index (χ3v) is 4.79. The molecule has 2 aromatic carbocycles. The second-order valence-electron chi connectivity index (χ2n) is 7.50. The summed E-state index contributed by atoms with van der Waals surface area (Å²) in [6.45, 7) is 3.93. The molecule has 10 heteroatoms. The van der Waals surface area contributed by atoms with Crippen LogP contribution >= 0.6 is 11.6 Å². The van der Waals surface area contributed by atoms with Gasteiger partial charge in [-0.3, -0.25) is 0 Å². The zero-order chi connectivity index (χ0) is 25.1. The lowest BCUT2D eigenvalue weighted by atomic mass is 10.1. The zero-order valence-electron chi connectivity index (χ0n) is 18.7. The molecule has 3 atom stereocenters. The molecule has 0 heterocycles. The highest BCUT2D eigenvalue weighted by Crippen LogP contribution is 2.15. The average molecular weight is 492 g/mol. The fourth-order valence-electron chi connectivity index (χ4n) is 2.72. The van der Waals surface area contributed by atoms with E-state index in [1.165, 1.54) is 24.3 Å². The Hall–Kier alpha value is -3.43. The van der Waals surface area contributed by atoms with Crippen LogP contribution in [-0.2, 0) is 23.8 Å². The predicted molar refractivity (Wildman–Crippen MR) is 123 cm³/mol. The number of rotatable bonds is 12. The van der Waals surface area contributed by atoms with Gasteiger partial charge in [-0.25, -0.2) is 19.2 Å². The van der Waals surface area contributed by atoms with Crippen LogP contribution in [0.1, 0.15) is 34.6 Å². The van der Waals surface area contributed by atoms with Gasteiger partial charge in [0.05, 0.1) is 17.0 Å². The first-order valence-corrected chi connectivity index (χ1v) is 11.0. The van der Waals surface area contributed by atoms with Crippen molar-refractivity contribution in [3.05, 3.63) is 71.8 Å². The molecule has 2 N–H and O–H groups in total. The predicted octanol–water partition coefficient (Wildman–Crippen LogP) is 2.67. The van der Waals surface area contributed by atoms with E-state index in [9.17, 15) is 24.3 Å². The van der Waals surface area contributed by atoms with Crippen LogP contribution in [0, 0.1) is 0 Å². The largest absolute Gasteiger partial charge is 0.478 e. The molecule has 0 spiro atoms. The van der Waals surface area contributed by atoms with Gasteiger partial charge in [0.15, 0.2) is 0 Å². The summed E-state index contributed by atoms with van der Waals surface area (Å²) >= 11 is 5.88. The second-order valence-corrected chi connectivity index (χ2v) is 7.81. The summed E-state index contributed by atoms with van der Waals surface area (Å²) in [6, 6.07) is 15.3. The molecule has 0 unspecified atom stereocenters. The summed E-state index contributed by atoms with van der Waals surface area (Å²) in [5.74, 6) is -5.03. The van der Waals surface area contributed by atoms with Gasteiger partial charge in [0.25, 0.3) is 0 Å². The van der Waals surface area contributed by atoms with E-state index in [0.717, 1.165) is 0 Å². The smallest absolute Gasteiger partial charge is 0.352 e. The molecule has 0 aromatic heterocycles. The Labute approximate surface area is 202 Å². The maximum atomic E-state index is 12.9. The monoisotopic (exact) mass is 491 g/mol. The Morgan fingerprint density at radius 1 is 0.824 bits per heavy atom.